The van der Waals surface area contributed by atoms with Gasteiger partial charge in [-0.25, -0.2) is 0 Å². The molecule has 4 aromatic carbocycles. The van der Waals surface area contributed by atoms with Crippen LogP contribution in [0.3, 0.4) is 0 Å². The van der Waals surface area contributed by atoms with Crippen molar-refractivity contribution in [2.75, 3.05) is 91.8 Å². The third-order valence-corrected chi connectivity index (χ3v) is 14.3. The number of rotatable bonds is 10. The summed E-state index contributed by atoms with van der Waals surface area (Å²) in [5, 5.41) is 5.89. The Hall–Kier alpha value is -1.81. The van der Waals surface area contributed by atoms with E-state index in [1.165, 1.54) is 74.4 Å². The summed E-state index contributed by atoms with van der Waals surface area (Å²) in [5.41, 5.74) is 8.81. The maximum absolute atomic E-state index is 6.15. The van der Waals surface area contributed by atoms with E-state index in [-0.39, 0.29) is 43.1 Å². The number of nitrogens with one attached hydrogen (secondary N) is 1. The fourth-order valence-electron chi connectivity index (χ4n) is 7.79. The van der Waals surface area contributed by atoms with Gasteiger partial charge in [-0.15, -0.1) is 24.8 Å². The summed E-state index contributed by atoms with van der Waals surface area (Å²) in [6.45, 7) is 17.1. The summed E-state index contributed by atoms with van der Waals surface area (Å²) in [6.07, 6.45) is 6.72. The topological polar surface area (TPSA) is 53.3 Å². The smallest absolute Gasteiger partial charge is 0.399 e. The lowest BCUT2D eigenvalue weighted by Crippen LogP contribution is -2.41. The SMILES string of the molecule is CN(C)CCN1CCc2cc(I)ccc21.CN(C)CCn1ccc2cc(B3OC(C)(C)C(C)(C)O3)ccc21.CN(C)CCn1ccc2cc(I)ccc21.Cl.Cl.Ic1ccc2c(c1)CCN2. The van der Waals surface area contributed by atoms with E-state index in [4.69, 9.17) is 9.31 Å². The second-order valence-electron chi connectivity index (χ2n) is 18.5. The molecule has 0 amide bonds. The van der Waals surface area contributed by atoms with E-state index in [9.17, 15) is 0 Å². The zero-order valence-electron chi connectivity index (χ0n) is 39.8. The number of likely N-dealkylation sites (N-methyl/N-ethyl adjacent to an activating group) is 3. The van der Waals surface area contributed by atoms with Gasteiger partial charge in [0.05, 0.1) is 11.2 Å². The first kappa shape index (κ1) is 55.8. The van der Waals surface area contributed by atoms with Crippen molar-refractivity contribution in [1.29, 1.82) is 0 Å². The molecule has 5 heterocycles. The fraction of sp³-hybridized carbons (Fsp3) is 0.440. The van der Waals surface area contributed by atoms with E-state index < -0.39 is 0 Å². The lowest BCUT2D eigenvalue weighted by atomic mass is 9.79. The Morgan fingerprint density at radius 1 is 0.585 bits per heavy atom. The van der Waals surface area contributed by atoms with Crippen LogP contribution in [0.2, 0.25) is 0 Å². The molecular weight excluding hydrogens is 1190 g/mol. The van der Waals surface area contributed by atoms with Crippen molar-refractivity contribution >= 4 is 138 Å². The average molecular weight is 1260 g/mol. The van der Waals surface area contributed by atoms with Gasteiger partial charge in [0.1, 0.15) is 0 Å². The van der Waals surface area contributed by atoms with Gasteiger partial charge in [-0.05, 0) is 245 Å². The van der Waals surface area contributed by atoms with Gasteiger partial charge in [-0.3, -0.25) is 0 Å². The van der Waals surface area contributed by atoms with E-state index >= 15 is 0 Å². The highest BCUT2D eigenvalue weighted by Crippen LogP contribution is 2.37. The molecule has 3 aliphatic heterocycles. The van der Waals surface area contributed by atoms with Gasteiger partial charge < -0.3 is 43.4 Å². The number of nitrogens with zero attached hydrogens (tertiary/aromatic N) is 6. The van der Waals surface area contributed by atoms with Crippen LogP contribution in [-0.2, 0) is 35.2 Å². The predicted molar refractivity (Wildman–Crippen MR) is 309 cm³/mol. The first-order chi connectivity index (χ1) is 29.9. The lowest BCUT2D eigenvalue weighted by molar-refractivity contribution is 0.00578. The van der Waals surface area contributed by atoms with Gasteiger partial charge in [0, 0.05) is 103 Å². The summed E-state index contributed by atoms with van der Waals surface area (Å²) in [6, 6.07) is 30.7. The summed E-state index contributed by atoms with van der Waals surface area (Å²) >= 11 is 7.08. The number of benzene rings is 4. The molecule has 0 aliphatic carbocycles. The van der Waals surface area contributed by atoms with Crippen LogP contribution >= 0.6 is 92.6 Å². The zero-order valence-corrected chi connectivity index (χ0v) is 47.9. The molecule has 1 N–H and O–H groups in total. The standard InChI is InChI=1S/C18H27BN2O2.C12H17IN2.C12H15IN2.C8H8IN.2ClH/c1-17(2)18(3,4)23-19(22-17)15-7-8-16-14(13-15)9-10-21(16)12-11-20(5)6;2*1-14(2)7-8-15-6-5-10-9-11(13)3-4-12(10)15;9-7-1-2-8-6(5-7)3-4-10-8;;/h7-10,13H,11-12H2,1-6H3;3-4,9H,5-8H2,1-2H3;3-6,9H,7-8H2,1-2H3;1-2,5,10H,3-4H2;2*1H. The molecule has 1 fully saturated rings. The van der Waals surface area contributed by atoms with Crippen molar-refractivity contribution in [3.8, 4) is 0 Å². The molecule has 9 rings (SSSR count). The van der Waals surface area contributed by atoms with E-state index in [0.717, 1.165) is 51.3 Å². The number of hydrogen-bond donors (Lipinski definition) is 1. The Morgan fingerprint density at radius 2 is 1.08 bits per heavy atom. The van der Waals surface area contributed by atoms with Crippen LogP contribution in [0.15, 0.2) is 97.3 Å². The third-order valence-electron chi connectivity index (χ3n) is 12.3. The number of hydrogen-bond acceptors (Lipinski definition) is 7. The van der Waals surface area contributed by atoms with Crippen LogP contribution in [0, 0.1) is 10.7 Å². The van der Waals surface area contributed by atoms with E-state index in [2.05, 4.69) is 269 Å². The molecule has 1 saturated heterocycles. The maximum atomic E-state index is 6.15. The third kappa shape index (κ3) is 15.3. The van der Waals surface area contributed by atoms with Gasteiger partial charge in [-0.2, -0.15) is 0 Å². The lowest BCUT2D eigenvalue weighted by Gasteiger charge is -2.32. The zero-order chi connectivity index (χ0) is 45.5. The highest BCUT2D eigenvalue weighted by Gasteiger charge is 2.51. The minimum absolute atomic E-state index is 0. The monoisotopic (exact) mass is 1260 g/mol. The minimum atomic E-state index is -0.301. The molecule has 65 heavy (non-hydrogen) atoms. The molecule has 6 aromatic rings. The maximum Gasteiger partial charge on any atom is 0.494 e. The Kier molecular flexibility index (Phi) is 21.6. The number of anilines is 2. The van der Waals surface area contributed by atoms with Crippen molar-refractivity contribution < 1.29 is 9.31 Å². The molecule has 0 unspecified atom stereocenters. The summed E-state index contributed by atoms with van der Waals surface area (Å²) < 4.78 is 20.9. The highest BCUT2D eigenvalue weighted by atomic mass is 127. The van der Waals surface area contributed by atoms with Crippen LogP contribution in [0.4, 0.5) is 11.4 Å². The minimum Gasteiger partial charge on any atom is -0.399 e. The summed E-state index contributed by atoms with van der Waals surface area (Å²) in [4.78, 5) is 9.14. The van der Waals surface area contributed by atoms with Gasteiger partial charge in [0.2, 0.25) is 0 Å². The van der Waals surface area contributed by atoms with Crippen molar-refractivity contribution in [3.05, 3.63) is 119 Å². The van der Waals surface area contributed by atoms with Crippen LogP contribution in [-0.4, -0.2) is 124 Å². The van der Waals surface area contributed by atoms with E-state index in [1.807, 2.05) is 0 Å². The summed E-state index contributed by atoms with van der Waals surface area (Å²) in [5.74, 6) is 0. The molecule has 15 heteroatoms. The van der Waals surface area contributed by atoms with Crippen molar-refractivity contribution in [2.24, 2.45) is 0 Å². The van der Waals surface area contributed by atoms with E-state index in [0.29, 0.717) is 0 Å². The first-order valence-electron chi connectivity index (χ1n) is 22.1. The Morgan fingerprint density at radius 3 is 1.66 bits per heavy atom. The second-order valence-corrected chi connectivity index (χ2v) is 22.3. The number of aromatic nitrogens is 2. The highest BCUT2D eigenvalue weighted by molar-refractivity contribution is 14.1. The summed E-state index contributed by atoms with van der Waals surface area (Å²) in [7, 11) is 12.4. The van der Waals surface area contributed by atoms with E-state index in [1.54, 1.807) is 0 Å². The second kappa shape index (κ2) is 25.2. The van der Waals surface area contributed by atoms with Crippen molar-refractivity contribution in [3.63, 3.8) is 0 Å². The van der Waals surface area contributed by atoms with Crippen molar-refractivity contribution in [1.82, 2.24) is 23.8 Å². The van der Waals surface area contributed by atoms with Gasteiger partial charge in [0.15, 0.2) is 0 Å². The molecule has 0 radical (unpaired) electrons. The van der Waals surface area contributed by atoms with Crippen LogP contribution in [0.5, 0.6) is 0 Å². The predicted octanol–water partition coefficient (Wildman–Crippen LogP) is 10.6. The van der Waals surface area contributed by atoms with Crippen LogP contribution in [0.25, 0.3) is 21.8 Å². The molecule has 0 atom stereocenters. The fourth-order valence-corrected chi connectivity index (χ4v) is 9.41. The van der Waals surface area contributed by atoms with Crippen LogP contribution < -0.4 is 15.7 Å². The van der Waals surface area contributed by atoms with Gasteiger partial charge in [-0.1, -0.05) is 12.1 Å². The molecule has 0 spiro atoms. The van der Waals surface area contributed by atoms with Gasteiger partial charge >= 0.3 is 7.12 Å². The molecule has 2 aromatic heterocycles. The first-order valence-corrected chi connectivity index (χ1v) is 25.3. The van der Waals surface area contributed by atoms with Crippen LogP contribution in [0.1, 0.15) is 38.8 Å². The Balaban J connectivity index is 0.000000195. The normalized spacial score (nSPS) is 15.3. The number of fused-ring (bicyclic) bond motifs is 4. The quantitative estimate of drug-likeness (QED) is 0.108. The molecule has 354 valence electrons. The largest absolute Gasteiger partial charge is 0.494 e. The molecule has 3 aliphatic rings. The Bertz CT molecular complexity index is 2430. The van der Waals surface area contributed by atoms with Gasteiger partial charge in [0.25, 0.3) is 0 Å². The number of halogens is 5. The Labute approximate surface area is 443 Å². The molecule has 0 bridgehead atoms. The molecular formula is C50H69BCl2I3N7O2. The van der Waals surface area contributed by atoms with Crippen molar-refractivity contribution in [2.45, 2.75) is 64.8 Å². The average Bonchev–Trinajstić information content (AvgIpc) is 4.06. The molecule has 9 nitrogen and oxygen atoms in total. The molecule has 0 saturated carbocycles.